The summed E-state index contributed by atoms with van der Waals surface area (Å²) in [6.07, 6.45) is 0. The van der Waals surface area contributed by atoms with Crippen molar-refractivity contribution in [2.45, 2.75) is 26.8 Å². The first-order valence-electron chi connectivity index (χ1n) is 8.03. The number of ketones is 1. The fraction of sp³-hybridized carbons (Fsp3) is 0.625. The smallest absolute Gasteiger partial charge is 0.253 e. The number of aryl methyl sites for hydroxylation is 1. The van der Waals surface area contributed by atoms with Crippen LogP contribution in [-0.2, 0) is 14.8 Å². The molecule has 0 unspecified atom stereocenters. The van der Waals surface area contributed by atoms with Crippen LogP contribution in [-0.4, -0.2) is 68.5 Å². The molecule has 9 heteroatoms. The minimum atomic E-state index is -3.39. The van der Waals surface area contributed by atoms with Gasteiger partial charge in [-0.15, -0.1) is 0 Å². The van der Waals surface area contributed by atoms with Gasteiger partial charge in [-0.25, -0.2) is 12.7 Å². The molecule has 2 rings (SSSR count). The third kappa shape index (κ3) is 4.10. The van der Waals surface area contributed by atoms with Crippen LogP contribution in [0.3, 0.4) is 0 Å². The van der Waals surface area contributed by atoms with Gasteiger partial charge in [0.1, 0.15) is 0 Å². The number of nitrogens with one attached hydrogen (secondary N) is 2. The zero-order valence-electron chi connectivity index (χ0n) is 15.2. The lowest BCUT2D eigenvalue weighted by molar-refractivity contribution is 0.0925. The fourth-order valence-electron chi connectivity index (χ4n) is 3.03. The van der Waals surface area contributed by atoms with Crippen molar-refractivity contribution in [1.82, 2.24) is 14.6 Å². The standard InChI is InChI=1S/C16H25N3O5S/c1-9-14(10(2)17-15(9)11(3)20)16(21)18-13-7-24-6-12(13)8-25(22,23)19(4)5/h12-13,17H,6-8H2,1-5H3,(H,18,21)/t12-,13+/m0/s1. The highest BCUT2D eigenvalue weighted by molar-refractivity contribution is 7.89. The largest absolute Gasteiger partial charge is 0.379 e. The lowest BCUT2D eigenvalue weighted by Crippen LogP contribution is -2.43. The Labute approximate surface area is 148 Å². The van der Waals surface area contributed by atoms with E-state index in [0.717, 1.165) is 0 Å². The summed E-state index contributed by atoms with van der Waals surface area (Å²) in [4.78, 5) is 27.2. The summed E-state index contributed by atoms with van der Waals surface area (Å²) in [5, 5.41) is 2.86. The average Bonchev–Trinajstić information content (AvgIpc) is 3.02. The molecule has 8 nitrogen and oxygen atoms in total. The van der Waals surface area contributed by atoms with Crippen LogP contribution in [0.2, 0.25) is 0 Å². The second-order valence-electron chi connectivity index (χ2n) is 6.62. The Hall–Kier alpha value is -1.71. The van der Waals surface area contributed by atoms with Crippen LogP contribution in [0.4, 0.5) is 0 Å². The van der Waals surface area contributed by atoms with Gasteiger partial charge >= 0.3 is 0 Å². The van der Waals surface area contributed by atoms with Gasteiger partial charge in [0, 0.05) is 32.6 Å². The van der Waals surface area contributed by atoms with Crippen molar-refractivity contribution in [3.63, 3.8) is 0 Å². The van der Waals surface area contributed by atoms with E-state index in [4.69, 9.17) is 4.74 Å². The van der Waals surface area contributed by atoms with Crippen molar-refractivity contribution in [2.24, 2.45) is 5.92 Å². The van der Waals surface area contributed by atoms with Crippen LogP contribution in [0.25, 0.3) is 0 Å². The number of hydrogen-bond donors (Lipinski definition) is 2. The van der Waals surface area contributed by atoms with E-state index >= 15 is 0 Å². The summed E-state index contributed by atoms with van der Waals surface area (Å²) in [6.45, 7) is 5.43. The molecule has 0 aliphatic carbocycles. The first-order valence-corrected chi connectivity index (χ1v) is 9.64. The SMILES string of the molecule is CC(=O)c1[nH]c(C)c(C(=O)N[C@@H]2COC[C@H]2CS(=O)(=O)N(C)C)c1C. The van der Waals surface area contributed by atoms with Crippen molar-refractivity contribution >= 4 is 21.7 Å². The second-order valence-corrected chi connectivity index (χ2v) is 8.85. The molecule has 1 saturated heterocycles. The van der Waals surface area contributed by atoms with Crippen molar-refractivity contribution in [3.05, 3.63) is 22.5 Å². The highest BCUT2D eigenvalue weighted by atomic mass is 32.2. The Morgan fingerprint density at radius 2 is 1.92 bits per heavy atom. The van der Waals surface area contributed by atoms with E-state index in [0.29, 0.717) is 22.5 Å². The first-order chi connectivity index (χ1) is 11.5. The Bertz CT molecular complexity index is 782. The summed E-state index contributed by atoms with van der Waals surface area (Å²) in [7, 11) is -0.426. The molecule has 0 radical (unpaired) electrons. The average molecular weight is 371 g/mol. The molecule has 1 aromatic rings. The van der Waals surface area contributed by atoms with Gasteiger partial charge in [-0.05, 0) is 19.4 Å². The van der Waals surface area contributed by atoms with Crippen LogP contribution >= 0.6 is 0 Å². The van der Waals surface area contributed by atoms with Gasteiger partial charge in [-0.3, -0.25) is 9.59 Å². The Balaban J connectivity index is 2.16. The molecule has 1 fully saturated rings. The summed E-state index contributed by atoms with van der Waals surface area (Å²) >= 11 is 0. The maximum atomic E-state index is 12.7. The highest BCUT2D eigenvalue weighted by Gasteiger charge is 2.35. The number of carbonyl (C=O) groups is 2. The van der Waals surface area contributed by atoms with Gasteiger partial charge in [0.25, 0.3) is 5.91 Å². The Kier molecular flexibility index (Phi) is 5.70. The summed E-state index contributed by atoms with van der Waals surface area (Å²) < 4.78 is 30.7. The van der Waals surface area contributed by atoms with Crippen LogP contribution in [0.1, 0.15) is 39.0 Å². The van der Waals surface area contributed by atoms with E-state index in [1.165, 1.54) is 25.3 Å². The van der Waals surface area contributed by atoms with Crippen molar-refractivity contribution in [3.8, 4) is 0 Å². The number of hydrogen-bond acceptors (Lipinski definition) is 5. The second kappa shape index (κ2) is 7.27. The first kappa shape index (κ1) is 19.6. The molecule has 2 heterocycles. The van der Waals surface area contributed by atoms with E-state index in [2.05, 4.69) is 10.3 Å². The molecular weight excluding hydrogens is 346 g/mol. The predicted octanol–water partition coefficient (Wildman–Crippen LogP) is 0.470. The van der Waals surface area contributed by atoms with Gasteiger partial charge in [0.15, 0.2) is 5.78 Å². The van der Waals surface area contributed by atoms with Crippen molar-refractivity contribution in [1.29, 1.82) is 0 Å². The lowest BCUT2D eigenvalue weighted by Gasteiger charge is -2.21. The van der Waals surface area contributed by atoms with Crippen LogP contribution in [0.15, 0.2) is 0 Å². The normalized spacial score (nSPS) is 20.9. The van der Waals surface area contributed by atoms with E-state index in [1.54, 1.807) is 13.8 Å². The summed E-state index contributed by atoms with van der Waals surface area (Å²) in [5.74, 6) is -0.877. The third-order valence-electron chi connectivity index (χ3n) is 4.51. The minimum Gasteiger partial charge on any atom is -0.379 e. The van der Waals surface area contributed by atoms with Gasteiger partial charge in [0.2, 0.25) is 10.0 Å². The molecule has 2 atom stereocenters. The van der Waals surface area contributed by atoms with Gasteiger partial charge in [-0.1, -0.05) is 0 Å². The highest BCUT2D eigenvalue weighted by Crippen LogP contribution is 2.21. The van der Waals surface area contributed by atoms with E-state index in [9.17, 15) is 18.0 Å². The van der Waals surface area contributed by atoms with Crippen LogP contribution in [0, 0.1) is 19.8 Å². The van der Waals surface area contributed by atoms with Gasteiger partial charge in [-0.2, -0.15) is 0 Å². The molecule has 2 N–H and O–H groups in total. The summed E-state index contributed by atoms with van der Waals surface area (Å²) in [6, 6.07) is -0.392. The maximum absolute atomic E-state index is 12.7. The lowest BCUT2D eigenvalue weighted by atomic mass is 10.0. The number of Topliss-reactive ketones (excluding diaryl/α,β-unsaturated/α-hetero) is 1. The molecule has 1 amide bonds. The Morgan fingerprint density at radius 1 is 1.28 bits per heavy atom. The minimum absolute atomic E-state index is 0.0885. The molecule has 1 aliphatic heterocycles. The number of rotatable bonds is 6. The summed E-state index contributed by atoms with van der Waals surface area (Å²) in [5.41, 5.74) is 2.04. The maximum Gasteiger partial charge on any atom is 0.253 e. The Morgan fingerprint density at radius 3 is 2.44 bits per heavy atom. The molecule has 1 aromatic heterocycles. The van der Waals surface area contributed by atoms with Gasteiger partial charge in [0.05, 0.1) is 36.3 Å². The number of nitrogens with zero attached hydrogens (tertiary/aromatic N) is 1. The van der Waals surface area contributed by atoms with Crippen LogP contribution in [0.5, 0.6) is 0 Å². The van der Waals surface area contributed by atoms with E-state index in [-0.39, 0.29) is 36.6 Å². The monoisotopic (exact) mass is 371 g/mol. The molecular formula is C16H25N3O5S. The topological polar surface area (TPSA) is 109 Å². The number of ether oxygens (including phenoxy) is 1. The number of amides is 1. The predicted molar refractivity (Wildman–Crippen MR) is 93.3 cm³/mol. The number of carbonyl (C=O) groups excluding carboxylic acids is 2. The van der Waals surface area contributed by atoms with Crippen molar-refractivity contribution in [2.75, 3.05) is 33.1 Å². The number of aromatic amines is 1. The molecule has 1 aliphatic rings. The fourth-order valence-corrected chi connectivity index (χ4v) is 4.19. The molecule has 140 valence electrons. The zero-order chi connectivity index (χ0) is 18.9. The van der Waals surface area contributed by atoms with E-state index in [1.807, 2.05) is 0 Å². The van der Waals surface area contributed by atoms with Crippen molar-refractivity contribution < 1.29 is 22.7 Å². The molecule has 0 saturated carbocycles. The van der Waals surface area contributed by atoms with E-state index < -0.39 is 16.1 Å². The number of aromatic nitrogens is 1. The quantitative estimate of drug-likeness (QED) is 0.707. The zero-order valence-corrected chi connectivity index (χ0v) is 16.0. The molecule has 25 heavy (non-hydrogen) atoms. The number of sulfonamides is 1. The van der Waals surface area contributed by atoms with Gasteiger partial charge < -0.3 is 15.0 Å². The molecule has 0 aromatic carbocycles. The molecule has 0 bridgehead atoms. The molecule has 0 spiro atoms. The van der Waals surface area contributed by atoms with Crippen LogP contribution < -0.4 is 5.32 Å². The third-order valence-corrected chi connectivity index (χ3v) is 6.47. The number of H-pyrrole nitrogens is 1.